The van der Waals surface area contributed by atoms with Gasteiger partial charge in [0.1, 0.15) is 17.5 Å². The quantitative estimate of drug-likeness (QED) is 0.583. The molecule has 1 saturated heterocycles. The zero-order chi connectivity index (χ0) is 28.4. The number of benzene rings is 2. The van der Waals surface area contributed by atoms with Crippen LogP contribution in [-0.2, 0) is 30.4 Å². The van der Waals surface area contributed by atoms with Crippen LogP contribution in [0.15, 0.2) is 52.9 Å². The minimum atomic E-state index is -2.72. The lowest BCUT2D eigenvalue weighted by Crippen LogP contribution is -2.58. The first kappa shape index (κ1) is 29.0. The Kier molecular flexibility index (Phi) is 8.66. The Morgan fingerprint density at radius 3 is 2.54 bits per heavy atom. The van der Waals surface area contributed by atoms with Gasteiger partial charge in [0.25, 0.3) is 5.91 Å². The van der Waals surface area contributed by atoms with E-state index in [1.807, 2.05) is 24.3 Å². The van der Waals surface area contributed by atoms with Crippen molar-refractivity contribution in [1.29, 1.82) is 0 Å². The highest BCUT2D eigenvalue weighted by Gasteiger charge is 2.43. The van der Waals surface area contributed by atoms with E-state index < -0.39 is 44.9 Å². The number of ether oxygens (including phenoxy) is 2. The topological polar surface area (TPSA) is 97.3 Å². The van der Waals surface area contributed by atoms with Crippen molar-refractivity contribution in [3.05, 3.63) is 71.0 Å². The molecule has 2 aliphatic heterocycles. The highest BCUT2D eigenvalue weighted by atomic mass is 32.2. The summed E-state index contributed by atoms with van der Waals surface area (Å²) in [6, 6.07) is 13.1. The molecule has 1 fully saturated rings. The third kappa shape index (κ3) is 6.78. The van der Waals surface area contributed by atoms with Crippen molar-refractivity contribution < 1.29 is 27.7 Å². The Hall–Kier alpha value is -2.98. The van der Waals surface area contributed by atoms with Crippen molar-refractivity contribution in [3.63, 3.8) is 0 Å². The molecule has 10 heteroatoms. The number of amides is 2. The van der Waals surface area contributed by atoms with E-state index in [4.69, 9.17) is 9.47 Å². The number of hydrogen-bond donors (Lipinski definition) is 1. The van der Waals surface area contributed by atoms with Crippen molar-refractivity contribution in [3.8, 4) is 0 Å². The van der Waals surface area contributed by atoms with Crippen molar-refractivity contribution >= 4 is 21.7 Å². The monoisotopic (exact) mass is 559 g/mol. The molecule has 0 spiro atoms. The molecule has 4 rings (SSSR count). The van der Waals surface area contributed by atoms with Gasteiger partial charge in [0.05, 0.1) is 33.7 Å². The Bertz CT molecular complexity index is 1320. The summed E-state index contributed by atoms with van der Waals surface area (Å²) in [5, 5.41) is 2.24. The van der Waals surface area contributed by atoms with Crippen LogP contribution >= 0.6 is 0 Å². The summed E-state index contributed by atoms with van der Waals surface area (Å²) in [4.78, 5) is 28.5. The Morgan fingerprint density at radius 2 is 1.87 bits per heavy atom. The number of rotatable bonds is 5. The van der Waals surface area contributed by atoms with Gasteiger partial charge >= 0.3 is 6.09 Å². The number of nitrogens with one attached hydrogen (secondary N) is 1. The highest BCUT2D eigenvalue weighted by Crippen LogP contribution is 2.37. The molecule has 0 radical (unpaired) electrons. The van der Waals surface area contributed by atoms with Crippen LogP contribution in [-0.4, -0.2) is 70.1 Å². The molecular weight excluding hydrogens is 521 g/mol. The van der Waals surface area contributed by atoms with Crippen LogP contribution in [0.2, 0.25) is 0 Å². The van der Waals surface area contributed by atoms with Crippen LogP contribution < -0.4 is 5.32 Å². The average molecular weight is 560 g/mol. The zero-order valence-electron chi connectivity index (χ0n) is 23.2. The van der Waals surface area contributed by atoms with Gasteiger partial charge in [-0.2, -0.15) is 0 Å². The van der Waals surface area contributed by atoms with Crippen LogP contribution in [0.3, 0.4) is 0 Å². The van der Waals surface area contributed by atoms with Gasteiger partial charge in [0.2, 0.25) is 0 Å². The Labute approximate surface area is 230 Å². The summed E-state index contributed by atoms with van der Waals surface area (Å²) in [6.45, 7) is 7.92. The highest BCUT2D eigenvalue weighted by molar-refractivity contribution is 7.93. The summed E-state index contributed by atoms with van der Waals surface area (Å²) < 4.78 is 43.0. The third-order valence-corrected chi connectivity index (χ3v) is 9.41. The lowest BCUT2D eigenvalue weighted by atomic mass is 9.87. The SMILES string of the molecule is CCN=[S@@](C)(=O)[C@H]1CO[C@@H](C(=O)N2CCc3ccccc3[C@@H]2c2ccc(F)cc2)C[C@@H]1NC(=O)OC(C)(C)C. The fourth-order valence-electron chi connectivity index (χ4n) is 5.34. The van der Waals surface area contributed by atoms with Gasteiger partial charge in [-0.25, -0.2) is 17.8 Å². The molecule has 0 bridgehead atoms. The molecular formula is C29H38FN3O5S. The molecule has 2 heterocycles. The van der Waals surface area contributed by atoms with Crippen LogP contribution in [0.4, 0.5) is 9.18 Å². The van der Waals surface area contributed by atoms with Crippen LogP contribution in [0.25, 0.3) is 0 Å². The second-order valence-electron chi connectivity index (χ2n) is 11.1. The molecule has 0 aromatic heterocycles. The van der Waals surface area contributed by atoms with Crippen LogP contribution in [0.5, 0.6) is 0 Å². The van der Waals surface area contributed by atoms with E-state index in [1.165, 1.54) is 12.1 Å². The Morgan fingerprint density at radius 1 is 1.18 bits per heavy atom. The molecule has 5 atom stereocenters. The molecule has 2 aromatic rings. The fraction of sp³-hybridized carbons (Fsp3) is 0.517. The first-order chi connectivity index (χ1) is 18.4. The van der Waals surface area contributed by atoms with Crippen molar-refractivity contribution in [2.75, 3.05) is 26.0 Å². The van der Waals surface area contributed by atoms with E-state index in [9.17, 15) is 18.2 Å². The molecule has 2 aromatic carbocycles. The molecule has 0 aliphatic carbocycles. The number of halogens is 1. The summed E-state index contributed by atoms with van der Waals surface area (Å²) in [7, 11) is -2.72. The van der Waals surface area contributed by atoms with E-state index in [0.29, 0.717) is 19.5 Å². The molecule has 8 nitrogen and oxygen atoms in total. The van der Waals surface area contributed by atoms with Crippen molar-refractivity contribution in [1.82, 2.24) is 10.2 Å². The van der Waals surface area contributed by atoms with Gasteiger partial charge in [-0.3, -0.25) is 4.79 Å². The fourth-order valence-corrected chi connectivity index (χ4v) is 7.16. The van der Waals surface area contributed by atoms with Gasteiger partial charge < -0.3 is 19.7 Å². The predicted octanol–water partition coefficient (Wildman–Crippen LogP) is 4.47. The smallest absolute Gasteiger partial charge is 0.407 e. The maximum absolute atomic E-state index is 14.0. The number of fused-ring (bicyclic) bond motifs is 1. The molecule has 0 unspecified atom stereocenters. The number of hydrogen-bond acceptors (Lipinski definition) is 6. The maximum atomic E-state index is 14.0. The second kappa shape index (κ2) is 11.6. The minimum absolute atomic E-state index is 0.00134. The molecule has 39 heavy (non-hydrogen) atoms. The van der Waals surface area contributed by atoms with Gasteiger partial charge in [-0.1, -0.05) is 36.4 Å². The molecule has 2 amide bonds. The Balaban J connectivity index is 1.63. The standard InChI is InChI=1S/C29H38FN3O5S/c1-6-31-39(5,36)25-18-37-24(17-23(25)32-28(35)38-29(2,3)4)27(34)33-16-15-19-9-7-8-10-22(19)26(33)20-11-13-21(30)14-12-20/h7-14,23-26H,6,15-18H2,1-5H3,(H,32,35)/t23-,24+,25-,26-,39-/m0/s1. The zero-order valence-corrected chi connectivity index (χ0v) is 24.0. The van der Waals surface area contributed by atoms with Gasteiger partial charge in [-0.05, 0) is 62.9 Å². The normalized spacial score (nSPS) is 24.7. The molecule has 1 N–H and O–H groups in total. The average Bonchev–Trinajstić information content (AvgIpc) is 2.87. The molecule has 0 saturated carbocycles. The number of carbonyl (C=O) groups excluding carboxylic acids is 2. The van der Waals surface area contributed by atoms with E-state index in [2.05, 4.69) is 9.68 Å². The van der Waals surface area contributed by atoms with E-state index in [0.717, 1.165) is 16.7 Å². The van der Waals surface area contributed by atoms with Gasteiger partial charge in [0.15, 0.2) is 0 Å². The first-order valence-corrected chi connectivity index (χ1v) is 15.3. The molecule has 212 valence electrons. The second-order valence-corrected chi connectivity index (χ2v) is 13.7. The van der Waals surface area contributed by atoms with E-state index >= 15 is 0 Å². The largest absolute Gasteiger partial charge is 0.444 e. The predicted molar refractivity (Wildman–Crippen MR) is 148 cm³/mol. The summed E-state index contributed by atoms with van der Waals surface area (Å²) in [5.41, 5.74) is 2.20. The minimum Gasteiger partial charge on any atom is -0.444 e. The van der Waals surface area contributed by atoms with Crippen LogP contribution in [0.1, 0.15) is 56.8 Å². The van der Waals surface area contributed by atoms with Gasteiger partial charge in [0, 0.05) is 25.8 Å². The van der Waals surface area contributed by atoms with Crippen molar-refractivity contribution in [2.24, 2.45) is 4.36 Å². The van der Waals surface area contributed by atoms with E-state index in [-0.39, 0.29) is 24.8 Å². The maximum Gasteiger partial charge on any atom is 0.407 e. The lowest BCUT2D eigenvalue weighted by Gasteiger charge is -2.42. The number of carbonyl (C=O) groups is 2. The molecule has 2 aliphatic rings. The van der Waals surface area contributed by atoms with Crippen molar-refractivity contribution in [2.45, 2.75) is 69.6 Å². The summed E-state index contributed by atoms with van der Waals surface area (Å²) in [6.07, 6.45) is 0.843. The summed E-state index contributed by atoms with van der Waals surface area (Å²) in [5.74, 6) is -0.581. The third-order valence-electron chi connectivity index (χ3n) is 7.06. The number of alkyl carbamates (subject to hydrolysis) is 1. The first-order valence-electron chi connectivity index (χ1n) is 13.3. The summed E-state index contributed by atoms with van der Waals surface area (Å²) >= 11 is 0. The van der Waals surface area contributed by atoms with Gasteiger partial charge in [-0.15, -0.1) is 0 Å². The van der Waals surface area contributed by atoms with Crippen LogP contribution in [0, 0.1) is 5.82 Å². The number of nitrogens with zero attached hydrogens (tertiary/aromatic N) is 2. The van der Waals surface area contributed by atoms with E-state index in [1.54, 1.807) is 51.0 Å². The lowest BCUT2D eigenvalue weighted by molar-refractivity contribution is -0.149.